The maximum Gasteiger partial charge on any atom is 0.154 e. The van der Waals surface area contributed by atoms with Gasteiger partial charge in [0.1, 0.15) is 23.5 Å². The lowest BCUT2D eigenvalue weighted by Crippen LogP contribution is -2.25. The fourth-order valence-corrected chi connectivity index (χ4v) is 4.52. The quantitative estimate of drug-likeness (QED) is 0.446. The monoisotopic (exact) mass is 444 g/mol. The minimum absolute atomic E-state index is 0.290. The van der Waals surface area contributed by atoms with Crippen LogP contribution in [0.4, 0.5) is 20.3 Å². The van der Waals surface area contributed by atoms with E-state index < -0.39 is 11.6 Å². The average Bonchev–Trinajstić information content (AvgIpc) is 3.47. The molecule has 6 nitrogen and oxygen atoms in total. The van der Waals surface area contributed by atoms with Gasteiger partial charge in [-0.1, -0.05) is 6.07 Å². The van der Waals surface area contributed by atoms with Crippen LogP contribution in [0.25, 0.3) is 16.9 Å². The molecule has 1 aliphatic heterocycles. The summed E-state index contributed by atoms with van der Waals surface area (Å²) in [4.78, 5) is 8.36. The first-order valence-electron chi connectivity index (χ1n) is 10.7. The first kappa shape index (κ1) is 20.9. The van der Waals surface area contributed by atoms with E-state index in [9.17, 15) is 14.0 Å². The minimum Gasteiger partial charge on any atom is -0.377 e. The Morgan fingerprint density at radius 1 is 1.09 bits per heavy atom. The Balaban J connectivity index is 1.57. The van der Waals surface area contributed by atoms with E-state index >= 15 is 0 Å². The van der Waals surface area contributed by atoms with Crippen molar-refractivity contribution < 1.29 is 8.78 Å². The Labute approximate surface area is 190 Å². The van der Waals surface area contributed by atoms with Gasteiger partial charge in [0.25, 0.3) is 0 Å². The van der Waals surface area contributed by atoms with E-state index in [1.54, 1.807) is 10.7 Å². The van der Waals surface area contributed by atoms with Crippen molar-refractivity contribution >= 4 is 17.2 Å². The van der Waals surface area contributed by atoms with Crippen LogP contribution in [-0.4, -0.2) is 35.2 Å². The molecule has 2 aromatic carbocycles. The van der Waals surface area contributed by atoms with Gasteiger partial charge in [-0.2, -0.15) is 5.26 Å². The number of halogens is 2. The molecule has 166 valence electrons. The molecule has 1 saturated heterocycles. The highest BCUT2D eigenvalue weighted by molar-refractivity contribution is 5.71. The van der Waals surface area contributed by atoms with Crippen LogP contribution < -0.4 is 9.80 Å². The number of nitriles is 1. The number of anilines is 2. The second-order valence-electron chi connectivity index (χ2n) is 8.36. The Morgan fingerprint density at radius 3 is 2.73 bits per heavy atom. The van der Waals surface area contributed by atoms with Crippen LogP contribution in [0, 0.1) is 23.0 Å². The number of imidazole rings is 1. The van der Waals surface area contributed by atoms with Crippen molar-refractivity contribution in [2.45, 2.75) is 18.9 Å². The predicted octanol–water partition coefficient (Wildman–Crippen LogP) is 4.95. The molecule has 0 saturated carbocycles. The predicted molar refractivity (Wildman–Crippen MR) is 123 cm³/mol. The van der Waals surface area contributed by atoms with Crippen LogP contribution in [0.2, 0.25) is 0 Å². The van der Waals surface area contributed by atoms with Gasteiger partial charge in [-0.25, -0.2) is 18.3 Å². The normalized spacial score (nSPS) is 15.7. The molecule has 1 atom stereocenters. The first-order valence-corrected chi connectivity index (χ1v) is 10.7. The van der Waals surface area contributed by atoms with Crippen LogP contribution >= 0.6 is 0 Å². The van der Waals surface area contributed by atoms with Crippen molar-refractivity contribution in [1.29, 1.82) is 5.26 Å². The summed E-state index contributed by atoms with van der Waals surface area (Å²) in [6.45, 7) is 0.694. The fraction of sp³-hybridized carbons (Fsp3) is 0.240. The Kier molecular flexibility index (Phi) is 5.17. The van der Waals surface area contributed by atoms with Gasteiger partial charge < -0.3 is 9.80 Å². The van der Waals surface area contributed by atoms with Gasteiger partial charge in [0, 0.05) is 31.8 Å². The van der Waals surface area contributed by atoms with Crippen molar-refractivity contribution in [3.05, 3.63) is 77.5 Å². The van der Waals surface area contributed by atoms with Gasteiger partial charge in [0.05, 0.1) is 29.2 Å². The molecule has 4 aromatic rings. The molecule has 8 heteroatoms. The van der Waals surface area contributed by atoms with E-state index in [1.165, 1.54) is 12.1 Å². The van der Waals surface area contributed by atoms with E-state index in [1.807, 2.05) is 54.2 Å². The van der Waals surface area contributed by atoms with Crippen molar-refractivity contribution in [1.82, 2.24) is 14.6 Å². The largest absolute Gasteiger partial charge is 0.377 e. The van der Waals surface area contributed by atoms with Gasteiger partial charge in [-0.05, 0) is 55.3 Å². The van der Waals surface area contributed by atoms with Crippen LogP contribution in [0.3, 0.4) is 0 Å². The maximum atomic E-state index is 14.5. The number of fused-ring (bicyclic) bond motifs is 1. The molecule has 2 aromatic heterocycles. The number of nitrogens with zero attached hydrogens (tertiary/aromatic N) is 6. The van der Waals surface area contributed by atoms with Crippen molar-refractivity contribution in [2.75, 3.05) is 30.4 Å². The number of benzene rings is 2. The lowest BCUT2D eigenvalue weighted by atomic mass is 10.0. The minimum atomic E-state index is -0.451. The van der Waals surface area contributed by atoms with Crippen LogP contribution in [-0.2, 0) is 0 Å². The lowest BCUT2D eigenvalue weighted by molar-refractivity contribution is 0.559. The standard InChI is InChI=1S/C25H22F2N6/c1-31(2)21-8-5-16(12-17(21)14-28)23-15-29-24-9-10-25(30-33(23)24)32-11-3-4-22(32)19-13-18(26)6-7-20(19)27/h5-10,12-13,15,22H,3-4,11H2,1-2H3. The summed E-state index contributed by atoms with van der Waals surface area (Å²) in [6, 6.07) is 14.9. The summed E-state index contributed by atoms with van der Waals surface area (Å²) in [5.74, 6) is -0.200. The number of hydrogen-bond donors (Lipinski definition) is 0. The topological polar surface area (TPSA) is 60.5 Å². The van der Waals surface area contributed by atoms with E-state index in [-0.39, 0.29) is 6.04 Å². The molecular formula is C25H22F2N6. The first-order chi connectivity index (χ1) is 16.0. The summed E-state index contributed by atoms with van der Waals surface area (Å²) in [6.07, 6.45) is 3.30. The molecule has 0 spiro atoms. The molecule has 0 aliphatic carbocycles. The highest BCUT2D eigenvalue weighted by Crippen LogP contribution is 2.37. The molecule has 0 amide bonds. The van der Waals surface area contributed by atoms with E-state index in [2.05, 4.69) is 11.1 Å². The van der Waals surface area contributed by atoms with Crippen molar-refractivity contribution in [3.63, 3.8) is 0 Å². The van der Waals surface area contributed by atoms with Crippen molar-refractivity contribution in [3.8, 4) is 17.3 Å². The number of rotatable bonds is 4. The van der Waals surface area contributed by atoms with E-state index in [0.717, 1.165) is 29.4 Å². The van der Waals surface area contributed by atoms with Crippen LogP contribution in [0.5, 0.6) is 0 Å². The van der Waals surface area contributed by atoms with Crippen molar-refractivity contribution in [2.24, 2.45) is 0 Å². The summed E-state index contributed by atoms with van der Waals surface area (Å²) in [5, 5.41) is 14.4. The average molecular weight is 444 g/mol. The highest BCUT2D eigenvalue weighted by Gasteiger charge is 2.30. The van der Waals surface area contributed by atoms with Gasteiger partial charge in [0.15, 0.2) is 5.65 Å². The molecule has 3 heterocycles. The SMILES string of the molecule is CN(C)c1ccc(-c2cnc3ccc(N4CCCC4c4cc(F)ccc4F)nn23)cc1C#N. The molecule has 5 rings (SSSR count). The summed E-state index contributed by atoms with van der Waals surface area (Å²) in [5.41, 5.74) is 3.98. The zero-order chi connectivity index (χ0) is 23.1. The molecule has 33 heavy (non-hydrogen) atoms. The van der Waals surface area contributed by atoms with E-state index in [4.69, 9.17) is 5.10 Å². The Morgan fingerprint density at radius 2 is 1.94 bits per heavy atom. The second kappa shape index (κ2) is 8.17. The smallest absolute Gasteiger partial charge is 0.154 e. The maximum absolute atomic E-state index is 14.5. The van der Waals surface area contributed by atoms with Crippen LogP contribution in [0.15, 0.2) is 54.7 Å². The third-order valence-corrected chi connectivity index (χ3v) is 6.11. The molecular weight excluding hydrogens is 422 g/mol. The molecule has 1 fully saturated rings. The summed E-state index contributed by atoms with van der Waals surface area (Å²) in [7, 11) is 3.79. The molecule has 0 radical (unpaired) electrons. The van der Waals surface area contributed by atoms with Gasteiger partial charge in [-0.15, -0.1) is 5.10 Å². The number of aromatic nitrogens is 3. The highest BCUT2D eigenvalue weighted by atomic mass is 19.1. The summed E-state index contributed by atoms with van der Waals surface area (Å²) < 4.78 is 30.1. The van der Waals surface area contributed by atoms with Gasteiger partial charge >= 0.3 is 0 Å². The van der Waals surface area contributed by atoms with Gasteiger partial charge in [0.2, 0.25) is 0 Å². The van der Waals surface area contributed by atoms with Crippen LogP contribution in [0.1, 0.15) is 30.0 Å². The third-order valence-electron chi connectivity index (χ3n) is 6.11. The van der Waals surface area contributed by atoms with E-state index in [0.29, 0.717) is 35.6 Å². The second-order valence-corrected chi connectivity index (χ2v) is 8.36. The fourth-order valence-electron chi connectivity index (χ4n) is 4.52. The molecule has 1 aliphatic rings. The van der Waals surface area contributed by atoms with Gasteiger partial charge in [-0.3, -0.25) is 0 Å². The lowest BCUT2D eigenvalue weighted by Gasteiger charge is -2.26. The number of hydrogen-bond acceptors (Lipinski definition) is 5. The molecule has 0 N–H and O–H groups in total. The Bertz CT molecular complexity index is 1390. The summed E-state index contributed by atoms with van der Waals surface area (Å²) >= 11 is 0. The molecule has 1 unspecified atom stereocenters. The molecule has 0 bridgehead atoms. The third kappa shape index (κ3) is 3.65. The Hall–Kier alpha value is -3.99. The zero-order valence-corrected chi connectivity index (χ0v) is 18.3. The zero-order valence-electron chi connectivity index (χ0n) is 18.3.